The van der Waals surface area contributed by atoms with Crippen LogP contribution in [0.15, 0.2) is 24.3 Å². The number of nitrogens with zero attached hydrogens (tertiary/aromatic N) is 3. The minimum atomic E-state index is 0.712. The second-order valence-corrected chi connectivity index (χ2v) is 4.23. The predicted molar refractivity (Wildman–Crippen MR) is 65.8 cm³/mol. The lowest BCUT2D eigenvalue weighted by atomic mass is 10.1. The molecule has 0 unspecified atom stereocenters. The Morgan fingerprint density at radius 1 is 1.25 bits per heavy atom. The van der Waals surface area contributed by atoms with Crippen LogP contribution in [0.25, 0.3) is 21.9 Å². The van der Waals surface area contributed by atoms with Crippen LogP contribution in [0, 0.1) is 6.92 Å². The Balaban J connectivity index is 2.61. The fourth-order valence-corrected chi connectivity index (χ4v) is 2.31. The summed E-state index contributed by atoms with van der Waals surface area (Å²) >= 11 is 6.40. The standard InChI is InChI=1S/C12H10ClN3/c1-7-10-11(13)8-5-3-4-6-9(8)14-12(10)15-16(7)2/h3-6H,1-2H3. The lowest BCUT2D eigenvalue weighted by Gasteiger charge is -2.00. The average molecular weight is 232 g/mol. The fraction of sp³-hybridized carbons (Fsp3) is 0.167. The molecule has 3 rings (SSSR count). The number of aromatic nitrogens is 3. The minimum Gasteiger partial charge on any atom is -0.270 e. The first-order chi connectivity index (χ1) is 7.68. The monoisotopic (exact) mass is 231 g/mol. The molecule has 16 heavy (non-hydrogen) atoms. The molecular formula is C12H10ClN3. The third-order valence-electron chi connectivity index (χ3n) is 2.90. The Labute approximate surface area is 97.7 Å². The highest BCUT2D eigenvalue weighted by Gasteiger charge is 2.13. The van der Waals surface area contributed by atoms with E-state index >= 15 is 0 Å². The van der Waals surface area contributed by atoms with Crippen molar-refractivity contribution in [2.24, 2.45) is 7.05 Å². The van der Waals surface area contributed by atoms with Gasteiger partial charge in [-0.05, 0) is 13.0 Å². The number of benzene rings is 1. The van der Waals surface area contributed by atoms with Gasteiger partial charge in [0.05, 0.1) is 15.9 Å². The number of fused-ring (bicyclic) bond motifs is 2. The molecule has 2 aromatic heterocycles. The molecule has 0 aliphatic rings. The highest BCUT2D eigenvalue weighted by molar-refractivity contribution is 6.40. The molecule has 0 aliphatic heterocycles. The number of halogens is 1. The molecule has 3 nitrogen and oxygen atoms in total. The first kappa shape index (κ1) is 9.60. The van der Waals surface area contributed by atoms with E-state index in [0.717, 1.165) is 27.0 Å². The summed E-state index contributed by atoms with van der Waals surface area (Å²) in [6.07, 6.45) is 0. The molecule has 4 heteroatoms. The van der Waals surface area contributed by atoms with Crippen LogP contribution >= 0.6 is 11.6 Å². The van der Waals surface area contributed by atoms with Crippen molar-refractivity contribution in [1.82, 2.24) is 14.8 Å². The van der Waals surface area contributed by atoms with Crippen LogP contribution in [0.2, 0.25) is 5.02 Å². The summed E-state index contributed by atoms with van der Waals surface area (Å²) in [7, 11) is 1.90. The summed E-state index contributed by atoms with van der Waals surface area (Å²) < 4.78 is 1.81. The van der Waals surface area contributed by atoms with Crippen molar-refractivity contribution in [3.8, 4) is 0 Å². The topological polar surface area (TPSA) is 30.7 Å². The van der Waals surface area contributed by atoms with Crippen molar-refractivity contribution in [1.29, 1.82) is 0 Å². The van der Waals surface area contributed by atoms with Gasteiger partial charge in [-0.1, -0.05) is 29.8 Å². The van der Waals surface area contributed by atoms with Crippen molar-refractivity contribution < 1.29 is 0 Å². The SMILES string of the molecule is Cc1c2c(Cl)c3ccccc3nc2nn1C. The molecule has 2 heterocycles. The molecular weight excluding hydrogens is 222 g/mol. The van der Waals surface area contributed by atoms with Gasteiger partial charge in [-0.15, -0.1) is 0 Å². The number of pyridine rings is 1. The zero-order chi connectivity index (χ0) is 11.3. The average Bonchev–Trinajstić information content (AvgIpc) is 2.55. The second kappa shape index (κ2) is 3.19. The molecule has 0 aliphatic carbocycles. The predicted octanol–water partition coefficient (Wildman–Crippen LogP) is 3.08. The molecule has 1 aromatic carbocycles. The van der Waals surface area contributed by atoms with E-state index in [1.807, 2.05) is 42.9 Å². The summed E-state index contributed by atoms with van der Waals surface area (Å²) in [5, 5.41) is 7.01. The molecule has 0 spiro atoms. The van der Waals surface area contributed by atoms with Gasteiger partial charge in [-0.3, -0.25) is 4.68 Å². The zero-order valence-corrected chi connectivity index (χ0v) is 9.78. The van der Waals surface area contributed by atoms with Gasteiger partial charge in [0.2, 0.25) is 0 Å². The molecule has 0 atom stereocenters. The van der Waals surface area contributed by atoms with Crippen molar-refractivity contribution >= 4 is 33.5 Å². The van der Waals surface area contributed by atoms with Crippen LogP contribution < -0.4 is 0 Å². The van der Waals surface area contributed by atoms with Crippen molar-refractivity contribution in [2.45, 2.75) is 6.92 Å². The van der Waals surface area contributed by atoms with Gasteiger partial charge in [-0.25, -0.2) is 4.98 Å². The van der Waals surface area contributed by atoms with E-state index in [0.29, 0.717) is 5.65 Å². The summed E-state index contributed by atoms with van der Waals surface area (Å²) in [4.78, 5) is 4.50. The molecule has 0 amide bonds. The minimum absolute atomic E-state index is 0.712. The molecule has 0 fully saturated rings. The number of para-hydroxylation sites is 1. The maximum absolute atomic E-state index is 6.40. The van der Waals surface area contributed by atoms with E-state index in [9.17, 15) is 0 Å². The second-order valence-electron chi connectivity index (χ2n) is 3.85. The Kier molecular flexibility index (Phi) is 1.91. The van der Waals surface area contributed by atoms with Gasteiger partial charge in [0.25, 0.3) is 0 Å². The molecule has 0 bridgehead atoms. The van der Waals surface area contributed by atoms with E-state index in [2.05, 4.69) is 10.1 Å². The van der Waals surface area contributed by atoms with E-state index in [1.54, 1.807) is 0 Å². The lowest BCUT2D eigenvalue weighted by Crippen LogP contribution is -1.91. The number of rotatable bonds is 0. The van der Waals surface area contributed by atoms with E-state index in [-0.39, 0.29) is 0 Å². The maximum atomic E-state index is 6.40. The van der Waals surface area contributed by atoms with E-state index in [4.69, 9.17) is 11.6 Å². The highest BCUT2D eigenvalue weighted by Crippen LogP contribution is 2.31. The van der Waals surface area contributed by atoms with Crippen LogP contribution in [0.3, 0.4) is 0 Å². The Morgan fingerprint density at radius 2 is 2.00 bits per heavy atom. The van der Waals surface area contributed by atoms with E-state index < -0.39 is 0 Å². The van der Waals surface area contributed by atoms with Crippen LogP contribution in [-0.4, -0.2) is 14.8 Å². The number of aryl methyl sites for hydroxylation is 2. The van der Waals surface area contributed by atoms with Gasteiger partial charge < -0.3 is 0 Å². The van der Waals surface area contributed by atoms with E-state index in [1.165, 1.54) is 0 Å². The van der Waals surface area contributed by atoms with Crippen LogP contribution in [0.4, 0.5) is 0 Å². The Bertz CT molecular complexity index is 700. The Morgan fingerprint density at radius 3 is 2.81 bits per heavy atom. The fourth-order valence-electron chi connectivity index (χ4n) is 1.93. The van der Waals surface area contributed by atoms with Crippen molar-refractivity contribution in [3.63, 3.8) is 0 Å². The van der Waals surface area contributed by atoms with Crippen molar-refractivity contribution in [2.75, 3.05) is 0 Å². The molecule has 0 N–H and O–H groups in total. The molecule has 0 radical (unpaired) electrons. The third-order valence-corrected chi connectivity index (χ3v) is 3.29. The Hall–Kier alpha value is -1.61. The molecule has 0 saturated heterocycles. The highest BCUT2D eigenvalue weighted by atomic mass is 35.5. The smallest absolute Gasteiger partial charge is 0.183 e. The van der Waals surface area contributed by atoms with Gasteiger partial charge in [0.15, 0.2) is 5.65 Å². The van der Waals surface area contributed by atoms with Gasteiger partial charge in [0, 0.05) is 18.1 Å². The number of hydrogen-bond donors (Lipinski definition) is 0. The molecule has 0 saturated carbocycles. The summed E-state index contributed by atoms with van der Waals surface area (Å²) in [5.41, 5.74) is 2.64. The van der Waals surface area contributed by atoms with Gasteiger partial charge >= 0.3 is 0 Å². The third kappa shape index (κ3) is 1.15. The van der Waals surface area contributed by atoms with Crippen LogP contribution in [0.1, 0.15) is 5.69 Å². The van der Waals surface area contributed by atoms with Crippen LogP contribution in [-0.2, 0) is 7.05 Å². The largest absolute Gasteiger partial charge is 0.270 e. The zero-order valence-electron chi connectivity index (χ0n) is 9.03. The summed E-state index contributed by atoms with van der Waals surface area (Å²) in [6, 6.07) is 7.85. The molecule has 80 valence electrons. The normalized spacial score (nSPS) is 11.4. The molecule has 3 aromatic rings. The number of hydrogen-bond acceptors (Lipinski definition) is 2. The van der Waals surface area contributed by atoms with Gasteiger partial charge in [0.1, 0.15) is 0 Å². The van der Waals surface area contributed by atoms with Crippen LogP contribution in [0.5, 0.6) is 0 Å². The van der Waals surface area contributed by atoms with Gasteiger partial charge in [-0.2, -0.15) is 5.10 Å². The van der Waals surface area contributed by atoms with Crippen molar-refractivity contribution in [3.05, 3.63) is 35.0 Å². The summed E-state index contributed by atoms with van der Waals surface area (Å²) in [6.45, 7) is 2.00. The first-order valence-corrected chi connectivity index (χ1v) is 5.44. The summed E-state index contributed by atoms with van der Waals surface area (Å²) in [5.74, 6) is 0. The maximum Gasteiger partial charge on any atom is 0.183 e. The first-order valence-electron chi connectivity index (χ1n) is 5.06. The quantitative estimate of drug-likeness (QED) is 0.595. The lowest BCUT2D eigenvalue weighted by molar-refractivity contribution is 0.748.